The molecule has 0 saturated heterocycles. The van der Waals surface area contributed by atoms with Gasteiger partial charge in [0.2, 0.25) is 0 Å². The highest BCUT2D eigenvalue weighted by Gasteiger charge is 2.02. The largest absolute Gasteiger partial charge is 0.665 e. The van der Waals surface area contributed by atoms with Crippen molar-refractivity contribution in [1.29, 1.82) is 0 Å². The maximum atomic E-state index is 9.43. The van der Waals surface area contributed by atoms with Crippen LogP contribution in [-0.2, 0) is 6.42 Å². The number of hydrogen-bond acceptors (Lipinski definition) is 1. The average molecular weight is 178 g/mol. The van der Waals surface area contributed by atoms with E-state index in [-0.39, 0.29) is 0 Å². The van der Waals surface area contributed by atoms with Crippen molar-refractivity contribution in [2.24, 2.45) is 0 Å². The highest BCUT2D eigenvalue weighted by molar-refractivity contribution is 5.42. The first-order chi connectivity index (χ1) is 6.16. The quantitative estimate of drug-likeness (QED) is 0.758. The van der Waals surface area contributed by atoms with E-state index in [4.69, 9.17) is 0 Å². The summed E-state index contributed by atoms with van der Waals surface area (Å²) in [6.07, 6.45) is 0.962. The number of phenols is 1. The molecule has 0 atom stereocenters. The van der Waals surface area contributed by atoms with Crippen molar-refractivity contribution in [2.45, 2.75) is 20.3 Å². The van der Waals surface area contributed by atoms with Gasteiger partial charge in [0.25, 0.3) is 0 Å². The highest BCUT2D eigenvalue weighted by atomic mass is 16.3. The predicted octanol–water partition coefficient (Wildman–Crippen LogP) is 2.56. The molecule has 0 spiro atoms. The Hall–Kier alpha value is -1.02. The lowest BCUT2D eigenvalue weighted by atomic mass is 10.0. The summed E-state index contributed by atoms with van der Waals surface area (Å²) in [6.45, 7) is 4.84. The molecule has 0 fully saturated rings. The lowest BCUT2D eigenvalue weighted by molar-refractivity contribution is 0.470. The van der Waals surface area contributed by atoms with Crippen LogP contribution in [0.2, 0.25) is 0 Å². The summed E-state index contributed by atoms with van der Waals surface area (Å²) in [6, 6.07) is 3.73. The van der Waals surface area contributed by atoms with E-state index in [1.807, 2.05) is 27.0 Å². The van der Waals surface area contributed by atoms with Gasteiger partial charge >= 0.3 is 0 Å². The highest BCUT2D eigenvalue weighted by Crippen LogP contribution is 2.23. The van der Waals surface area contributed by atoms with Crippen molar-refractivity contribution in [1.82, 2.24) is 0 Å². The van der Waals surface area contributed by atoms with E-state index in [1.54, 1.807) is 6.07 Å². The van der Waals surface area contributed by atoms with E-state index in [0.29, 0.717) is 5.75 Å². The second kappa shape index (κ2) is 4.28. The van der Waals surface area contributed by atoms with Crippen molar-refractivity contribution in [3.8, 4) is 5.75 Å². The first-order valence-corrected chi connectivity index (χ1v) is 4.50. The molecule has 13 heavy (non-hydrogen) atoms. The van der Waals surface area contributed by atoms with Crippen molar-refractivity contribution < 1.29 is 5.11 Å². The standard InChI is InChI=1S/C11H16NO/c1-8-9(2)11(13)5-4-10(8)6-7-12-3/h4-5,13H,6-7H2,1-3H3/q-1. The molecule has 0 radical (unpaired) electrons. The van der Waals surface area contributed by atoms with Crippen molar-refractivity contribution in [3.63, 3.8) is 0 Å². The molecule has 0 unspecified atom stereocenters. The molecular weight excluding hydrogens is 162 g/mol. The molecule has 1 aromatic carbocycles. The fourth-order valence-corrected chi connectivity index (χ4v) is 1.37. The molecule has 0 heterocycles. The molecule has 1 N–H and O–H groups in total. The van der Waals surface area contributed by atoms with Crippen molar-refractivity contribution in [2.75, 3.05) is 13.6 Å². The van der Waals surface area contributed by atoms with Crippen LogP contribution in [0.3, 0.4) is 0 Å². The van der Waals surface area contributed by atoms with Crippen LogP contribution in [0.4, 0.5) is 0 Å². The summed E-state index contributed by atoms with van der Waals surface area (Å²) in [5.41, 5.74) is 3.44. The van der Waals surface area contributed by atoms with Crippen LogP contribution in [0, 0.1) is 13.8 Å². The van der Waals surface area contributed by atoms with Crippen LogP contribution in [-0.4, -0.2) is 18.7 Å². The van der Waals surface area contributed by atoms with Gasteiger partial charge in [-0.25, -0.2) is 0 Å². The zero-order valence-electron chi connectivity index (χ0n) is 8.46. The molecule has 2 heteroatoms. The minimum absolute atomic E-state index is 0.384. The van der Waals surface area contributed by atoms with E-state index in [0.717, 1.165) is 18.5 Å². The van der Waals surface area contributed by atoms with Crippen molar-refractivity contribution in [3.05, 3.63) is 34.1 Å². The summed E-state index contributed by atoms with van der Waals surface area (Å²) in [5.74, 6) is 0.384. The Bertz CT molecular complexity index is 294. The maximum absolute atomic E-state index is 9.43. The second-order valence-electron chi connectivity index (χ2n) is 3.28. The van der Waals surface area contributed by atoms with Gasteiger partial charge in [0, 0.05) is 0 Å². The van der Waals surface area contributed by atoms with Gasteiger partial charge in [0.05, 0.1) is 0 Å². The Balaban J connectivity index is 2.90. The molecule has 1 rings (SSSR count). The third-order valence-electron chi connectivity index (χ3n) is 2.48. The number of nitrogens with zero attached hydrogens (tertiary/aromatic N) is 1. The minimum atomic E-state index is 0.384. The summed E-state index contributed by atoms with van der Waals surface area (Å²) >= 11 is 0. The smallest absolute Gasteiger partial charge is 0.118 e. The second-order valence-corrected chi connectivity index (χ2v) is 3.28. The topological polar surface area (TPSA) is 34.3 Å². The fourth-order valence-electron chi connectivity index (χ4n) is 1.37. The lowest BCUT2D eigenvalue weighted by Crippen LogP contribution is -1.95. The van der Waals surface area contributed by atoms with Gasteiger partial charge in [-0.2, -0.15) is 7.05 Å². The number of aromatic hydroxyl groups is 1. The van der Waals surface area contributed by atoms with Gasteiger partial charge in [-0.3, -0.25) is 0 Å². The molecule has 1 aromatic rings. The molecular formula is C11H16NO-. The zero-order valence-corrected chi connectivity index (χ0v) is 8.46. The van der Waals surface area contributed by atoms with E-state index < -0.39 is 0 Å². The van der Waals surface area contributed by atoms with Gasteiger partial charge in [0.15, 0.2) is 0 Å². The third kappa shape index (κ3) is 2.22. The Morgan fingerprint density at radius 3 is 2.54 bits per heavy atom. The predicted molar refractivity (Wildman–Crippen MR) is 55.4 cm³/mol. The molecule has 0 aliphatic heterocycles. The van der Waals surface area contributed by atoms with Gasteiger partial charge in [-0.1, -0.05) is 6.07 Å². The van der Waals surface area contributed by atoms with Gasteiger partial charge in [-0.05, 0) is 43.0 Å². The van der Waals surface area contributed by atoms with Crippen LogP contribution >= 0.6 is 0 Å². The molecule has 0 aliphatic rings. The van der Waals surface area contributed by atoms with Crippen LogP contribution in [0.25, 0.3) is 5.32 Å². The van der Waals surface area contributed by atoms with E-state index in [1.165, 1.54) is 11.1 Å². The van der Waals surface area contributed by atoms with Crippen molar-refractivity contribution >= 4 is 0 Å². The first-order valence-electron chi connectivity index (χ1n) is 4.50. The molecule has 72 valence electrons. The normalized spacial score (nSPS) is 10.4. The lowest BCUT2D eigenvalue weighted by Gasteiger charge is -2.14. The zero-order chi connectivity index (χ0) is 9.84. The number of benzene rings is 1. The molecule has 0 bridgehead atoms. The molecule has 0 amide bonds. The third-order valence-corrected chi connectivity index (χ3v) is 2.48. The molecule has 0 aliphatic carbocycles. The molecule has 0 saturated carbocycles. The molecule has 0 aromatic heterocycles. The van der Waals surface area contributed by atoms with Crippen LogP contribution in [0.1, 0.15) is 16.7 Å². The Morgan fingerprint density at radius 2 is 1.92 bits per heavy atom. The van der Waals surface area contributed by atoms with Crippen LogP contribution in [0.15, 0.2) is 12.1 Å². The average Bonchev–Trinajstić information content (AvgIpc) is 2.13. The number of hydrogen-bond donors (Lipinski definition) is 1. The first kappa shape index (κ1) is 10.1. The Labute approximate surface area is 79.6 Å². The SMILES string of the molecule is C[N-]CCc1ccc(O)c(C)c1C. The summed E-state index contributed by atoms with van der Waals surface area (Å²) in [5, 5.41) is 13.5. The number of phenolic OH excluding ortho intramolecular Hbond substituents is 1. The summed E-state index contributed by atoms with van der Waals surface area (Å²) < 4.78 is 0. The van der Waals surface area contributed by atoms with Gasteiger partial charge in [0.1, 0.15) is 5.75 Å². The van der Waals surface area contributed by atoms with E-state index in [9.17, 15) is 5.11 Å². The van der Waals surface area contributed by atoms with Crippen LogP contribution < -0.4 is 0 Å². The van der Waals surface area contributed by atoms with E-state index >= 15 is 0 Å². The molecule has 2 nitrogen and oxygen atoms in total. The van der Waals surface area contributed by atoms with Crippen LogP contribution in [0.5, 0.6) is 5.75 Å². The fraction of sp³-hybridized carbons (Fsp3) is 0.455. The van der Waals surface area contributed by atoms with E-state index in [2.05, 4.69) is 5.32 Å². The maximum Gasteiger partial charge on any atom is 0.118 e. The number of likely N-dealkylation sites (N-methyl/N-ethyl adjacent to an activating group) is 1. The number of rotatable bonds is 3. The van der Waals surface area contributed by atoms with Gasteiger partial charge in [-0.15, -0.1) is 6.54 Å². The Morgan fingerprint density at radius 1 is 1.23 bits per heavy atom. The summed E-state index contributed by atoms with van der Waals surface area (Å²) in [4.78, 5) is 0. The monoisotopic (exact) mass is 178 g/mol. The Kier molecular flexibility index (Phi) is 3.32. The summed E-state index contributed by atoms with van der Waals surface area (Å²) in [7, 11) is 1.82. The minimum Gasteiger partial charge on any atom is -0.665 e. The van der Waals surface area contributed by atoms with Gasteiger partial charge < -0.3 is 10.4 Å².